The minimum absolute atomic E-state index is 0.0126. The molecule has 2 aromatic rings. The van der Waals surface area contributed by atoms with E-state index in [4.69, 9.17) is 10.6 Å². The molecule has 0 spiro atoms. The summed E-state index contributed by atoms with van der Waals surface area (Å²) in [4.78, 5) is 30.3. The molecular weight excluding hydrogens is 402 g/mol. The van der Waals surface area contributed by atoms with Gasteiger partial charge in [-0.25, -0.2) is 17.5 Å². The first-order valence-electron chi connectivity index (χ1n) is 8.36. The van der Waals surface area contributed by atoms with Gasteiger partial charge in [0.15, 0.2) is 5.84 Å². The van der Waals surface area contributed by atoms with Crippen LogP contribution >= 0.6 is 0 Å². The minimum atomic E-state index is -3.84. The van der Waals surface area contributed by atoms with E-state index in [1.54, 1.807) is 12.1 Å². The van der Waals surface area contributed by atoms with Crippen molar-refractivity contribution in [2.75, 3.05) is 13.6 Å². The average molecular weight is 421 g/mol. The number of non-ortho nitro benzene ring substituents is 1. The molecule has 0 saturated carbocycles. The number of carbonyl (C=O) groups is 1. The number of nitrogens with two attached hydrogens (primary N) is 1. The molecule has 1 heterocycles. The van der Waals surface area contributed by atoms with Crippen LogP contribution in [0.3, 0.4) is 0 Å². The van der Waals surface area contributed by atoms with E-state index in [1.807, 2.05) is 0 Å². The Labute approximate surface area is 167 Å². The second-order valence-corrected chi connectivity index (χ2v) is 7.90. The third-order valence-corrected chi connectivity index (χ3v) is 5.70. The molecule has 2 N–H and O–H groups in total. The van der Waals surface area contributed by atoms with Gasteiger partial charge in [0.05, 0.1) is 9.82 Å². The maximum atomic E-state index is 12.5. The summed E-state index contributed by atoms with van der Waals surface area (Å²) in [6, 6.07) is 7.76. The molecule has 1 aromatic carbocycles. The Morgan fingerprint density at radius 2 is 1.86 bits per heavy atom. The van der Waals surface area contributed by atoms with E-state index in [0.29, 0.717) is 5.56 Å². The molecule has 12 heteroatoms. The van der Waals surface area contributed by atoms with Crippen LogP contribution < -0.4 is 5.73 Å². The van der Waals surface area contributed by atoms with Crippen molar-refractivity contribution in [2.24, 2.45) is 10.9 Å². The van der Waals surface area contributed by atoms with Gasteiger partial charge in [-0.15, -0.1) is 0 Å². The molecule has 0 aliphatic rings. The molecule has 0 unspecified atom stereocenters. The number of amidine groups is 1. The number of carbonyl (C=O) groups excluding carboxylic acids is 1. The fraction of sp³-hybridized carbons (Fsp3) is 0.235. The van der Waals surface area contributed by atoms with Gasteiger partial charge in [-0.1, -0.05) is 5.16 Å². The van der Waals surface area contributed by atoms with Gasteiger partial charge in [0, 0.05) is 50.1 Å². The summed E-state index contributed by atoms with van der Waals surface area (Å²) in [5, 5.41) is 14.2. The van der Waals surface area contributed by atoms with Crippen LogP contribution in [0.4, 0.5) is 5.69 Å². The number of nitro groups is 1. The average Bonchev–Trinajstić information content (AvgIpc) is 2.72. The first kappa shape index (κ1) is 21.9. The highest BCUT2D eigenvalue weighted by Crippen LogP contribution is 2.19. The highest BCUT2D eigenvalue weighted by Gasteiger charge is 2.21. The maximum absolute atomic E-state index is 12.5. The van der Waals surface area contributed by atoms with Crippen LogP contribution in [0.1, 0.15) is 18.4 Å². The Kier molecular flexibility index (Phi) is 7.33. The fourth-order valence-corrected chi connectivity index (χ4v) is 3.42. The number of rotatable bonds is 9. The number of hydrogen-bond donors (Lipinski definition) is 1. The van der Waals surface area contributed by atoms with Crippen LogP contribution in [0, 0.1) is 10.1 Å². The van der Waals surface area contributed by atoms with Crippen molar-refractivity contribution >= 4 is 27.5 Å². The van der Waals surface area contributed by atoms with Crippen LogP contribution in [0.25, 0.3) is 0 Å². The number of hydrogen-bond acceptors (Lipinski definition) is 8. The predicted octanol–water partition coefficient (Wildman–Crippen LogP) is 1.25. The van der Waals surface area contributed by atoms with Crippen LogP contribution in [0.2, 0.25) is 0 Å². The van der Waals surface area contributed by atoms with Crippen molar-refractivity contribution in [1.29, 1.82) is 0 Å². The number of aromatic nitrogens is 1. The van der Waals surface area contributed by atoms with Crippen LogP contribution in [0.15, 0.2) is 58.8 Å². The molecule has 0 fully saturated rings. The largest absolute Gasteiger partial charge is 0.380 e. The molecular formula is C17H19N5O6S. The van der Waals surface area contributed by atoms with E-state index in [2.05, 4.69) is 10.1 Å². The van der Waals surface area contributed by atoms with Crippen molar-refractivity contribution in [1.82, 2.24) is 9.29 Å². The summed E-state index contributed by atoms with van der Waals surface area (Å²) in [5.41, 5.74) is 6.02. The molecule has 0 bridgehead atoms. The fourth-order valence-electron chi connectivity index (χ4n) is 2.21. The third kappa shape index (κ3) is 6.05. The Morgan fingerprint density at radius 3 is 2.45 bits per heavy atom. The second-order valence-electron chi connectivity index (χ2n) is 5.86. The topological polar surface area (TPSA) is 158 Å². The normalized spacial score (nSPS) is 12.0. The molecule has 154 valence electrons. The lowest BCUT2D eigenvalue weighted by atomic mass is 10.2. The molecule has 0 amide bonds. The lowest BCUT2D eigenvalue weighted by Gasteiger charge is -2.16. The zero-order valence-corrected chi connectivity index (χ0v) is 16.3. The predicted molar refractivity (Wildman–Crippen MR) is 103 cm³/mol. The summed E-state index contributed by atoms with van der Waals surface area (Å²) in [6.45, 7) is 0.0397. The van der Waals surface area contributed by atoms with Crippen LogP contribution in [0.5, 0.6) is 0 Å². The summed E-state index contributed by atoms with van der Waals surface area (Å²) >= 11 is 0. The number of nitro benzene ring substituents is 1. The Bertz CT molecular complexity index is 993. The molecule has 0 aliphatic heterocycles. The Morgan fingerprint density at radius 1 is 1.24 bits per heavy atom. The maximum Gasteiger partial charge on any atom is 0.335 e. The molecule has 2 rings (SSSR count). The summed E-state index contributed by atoms with van der Waals surface area (Å²) in [6.07, 6.45) is 3.14. The number of pyridine rings is 1. The van der Waals surface area contributed by atoms with Gasteiger partial charge in [0.1, 0.15) is 0 Å². The summed E-state index contributed by atoms with van der Waals surface area (Å²) in [5.74, 6) is -0.651. The Balaban J connectivity index is 1.85. The van der Waals surface area contributed by atoms with Crippen LogP contribution in [-0.2, 0) is 19.7 Å². The first-order valence-corrected chi connectivity index (χ1v) is 9.80. The van der Waals surface area contributed by atoms with E-state index in [1.165, 1.54) is 19.4 Å². The van der Waals surface area contributed by atoms with Crippen molar-refractivity contribution in [3.05, 3.63) is 64.5 Å². The van der Waals surface area contributed by atoms with E-state index in [9.17, 15) is 23.3 Å². The van der Waals surface area contributed by atoms with E-state index in [0.717, 1.165) is 28.6 Å². The lowest BCUT2D eigenvalue weighted by molar-refractivity contribution is -0.384. The number of benzene rings is 1. The van der Waals surface area contributed by atoms with E-state index >= 15 is 0 Å². The Hall–Kier alpha value is -3.38. The van der Waals surface area contributed by atoms with E-state index in [-0.39, 0.29) is 35.8 Å². The standard InChI is InChI=1S/C17H19N5O6S/c1-21(29(26,27)15-6-4-14(5-7-15)22(24)25)12-2-3-16(23)28-20-17(18)13-8-10-19-11-9-13/h4-11H,2-3,12H2,1H3,(H2,18,20). The van der Waals surface area contributed by atoms with E-state index < -0.39 is 20.9 Å². The summed E-state index contributed by atoms with van der Waals surface area (Å²) in [7, 11) is -2.49. The molecule has 11 nitrogen and oxygen atoms in total. The first-order chi connectivity index (χ1) is 13.7. The molecule has 0 radical (unpaired) electrons. The minimum Gasteiger partial charge on any atom is -0.380 e. The molecule has 0 saturated heterocycles. The van der Waals surface area contributed by atoms with Gasteiger partial charge in [-0.3, -0.25) is 15.1 Å². The van der Waals surface area contributed by atoms with Gasteiger partial charge >= 0.3 is 5.97 Å². The molecule has 29 heavy (non-hydrogen) atoms. The van der Waals surface area contributed by atoms with Crippen molar-refractivity contribution in [3.8, 4) is 0 Å². The second kappa shape index (κ2) is 9.71. The van der Waals surface area contributed by atoms with Crippen LogP contribution in [-0.4, -0.2) is 48.0 Å². The smallest absolute Gasteiger partial charge is 0.335 e. The zero-order valence-electron chi connectivity index (χ0n) is 15.5. The third-order valence-electron chi connectivity index (χ3n) is 3.83. The van der Waals surface area contributed by atoms with Gasteiger partial charge in [-0.2, -0.15) is 0 Å². The van der Waals surface area contributed by atoms with Gasteiger partial charge in [-0.05, 0) is 30.7 Å². The van der Waals surface area contributed by atoms with Crippen molar-refractivity contribution in [2.45, 2.75) is 17.7 Å². The highest BCUT2D eigenvalue weighted by molar-refractivity contribution is 7.89. The van der Waals surface area contributed by atoms with Gasteiger partial charge in [0.2, 0.25) is 10.0 Å². The number of nitrogens with zero attached hydrogens (tertiary/aromatic N) is 4. The quantitative estimate of drug-likeness (QED) is 0.208. The number of sulfonamides is 1. The lowest BCUT2D eigenvalue weighted by Crippen LogP contribution is -2.28. The summed E-state index contributed by atoms with van der Waals surface area (Å²) < 4.78 is 26.0. The zero-order chi connectivity index (χ0) is 21.4. The molecule has 1 aromatic heterocycles. The molecule has 0 aliphatic carbocycles. The highest BCUT2D eigenvalue weighted by atomic mass is 32.2. The van der Waals surface area contributed by atoms with Gasteiger partial charge < -0.3 is 10.6 Å². The van der Waals surface area contributed by atoms with Gasteiger partial charge in [0.25, 0.3) is 5.69 Å². The SMILES string of the molecule is CN(CCCC(=O)O/N=C(/N)c1ccncc1)S(=O)(=O)c1ccc([N+](=O)[O-])cc1. The molecule has 0 atom stereocenters. The van der Waals surface area contributed by atoms with Crippen molar-refractivity contribution < 1.29 is 23.0 Å². The number of oxime groups is 1. The van der Waals surface area contributed by atoms with Crippen molar-refractivity contribution in [3.63, 3.8) is 0 Å². The monoisotopic (exact) mass is 421 g/mol.